The van der Waals surface area contributed by atoms with E-state index in [9.17, 15) is 14.7 Å². The minimum Gasteiger partial charge on any atom is -0.478 e. The quantitative estimate of drug-likeness (QED) is 0.394. The summed E-state index contributed by atoms with van der Waals surface area (Å²) < 4.78 is 0. The minimum atomic E-state index is -0.919. The highest BCUT2D eigenvalue weighted by molar-refractivity contribution is 5.87. The monoisotopic (exact) mass is 493 g/mol. The van der Waals surface area contributed by atoms with Crippen molar-refractivity contribution in [1.29, 1.82) is 0 Å². The number of likely N-dealkylation sites (tertiary alicyclic amines) is 1. The van der Waals surface area contributed by atoms with Crippen LogP contribution in [0.1, 0.15) is 91.3 Å². The van der Waals surface area contributed by atoms with Gasteiger partial charge in [0, 0.05) is 18.3 Å². The molecule has 1 aliphatic heterocycles. The summed E-state index contributed by atoms with van der Waals surface area (Å²) in [5.41, 5.74) is 4.80. The first-order chi connectivity index (χ1) is 17.2. The summed E-state index contributed by atoms with van der Waals surface area (Å²) in [6, 6.07) is 13.1. The summed E-state index contributed by atoms with van der Waals surface area (Å²) in [6.07, 6.45) is 4.40. The van der Waals surface area contributed by atoms with Crippen molar-refractivity contribution in [1.82, 2.24) is 10.2 Å². The second kappa shape index (κ2) is 11.4. The number of hydrogen-bond acceptors (Lipinski definition) is 5. The van der Waals surface area contributed by atoms with E-state index in [-0.39, 0.29) is 18.0 Å². The molecule has 0 aromatic heterocycles. The van der Waals surface area contributed by atoms with Crippen LogP contribution < -0.4 is 10.6 Å². The second-order valence-electron chi connectivity index (χ2n) is 10.6. The van der Waals surface area contributed by atoms with Gasteiger partial charge >= 0.3 is 5.97 Å². The van der Waals surface area contributed by atoms with Gasteiger partial charge in [0.2, 0.25) is 5.91 Å². The average molecular weight is 494 g/mol. The Kier molecular flexibility index (Phi) is 8.32. The van der Waals surface area contributed by atoms with Gasteiger partial charge in [-0.3, -0.25) is 4.79 Å². The molecule has 2 aliphatic rings. The van der Waals surface area contributed by atoms with Crippen LogP contribution in [0.3, 0.4) is 0 Å². The van der Waals surface area contributed by atoms with Gasteiger partial charge in [-0.2, -0.15) is 0 Å². The Morgan fingerprint density at radius 1 is 1.00 bits per heavy atom. The lowest BCUT2D eigenvalue weighted by atomic mass is 9.81. The number of carbonyl (C=O) groups excluding carboxylic acids is 1. The van der Waals surface area contributed by atoms with Gasteiger partial charge in [0.25, 0.3) is 0 Å². The maximum atomic E-state index is 13.2. The molecule has 0 radical (unpaired) electrons. The fraction of sp³-hybridized carbons (Fsp3) is 0.517. The van der Waals surface area contributed by atoms with Crippen molar-refractivity contribution < 1.29 is 19.8 Å². The van der Waals surface area contributed by atoms with Crippen LogP contribution in [0.25, 0.3) is 0 Å². The Morgan fingerprint density at radius 2 is 1.69 bits per heavy atom. The van der Waals surface area contributed by atoms with Gasteiger partial charge in [-0.15, -0.1) is 0 Å². The number of rotatable bonds is 8. The predicted octanol–water partition coefficient (Wildman–Crippen LogP) is 4.81. The maximum absolute atomic E-state index is 13.2. The van der Waals surface area contributed by atoms with E-state index < -0.39 is 12.3 Å². The molecule has 0 bridgehead atoms. The van der Waals surface area contributed by atoms with Crippen molar-refractivity contribution in [3.05, 3.63) is 64.7 Å². The highest BCUT2D eigenvalue weighted by Crippen LogP contribution is 2.33. The molecule has 1 heterocycles. The lowest BCUT2D eigenvalue weighted by Crippen LogP contribution is -2.52. The third-order valence-corrected chi connectivity index (χ3v) is 7.80. The van der Waals surface area contributed by atoms with Crippen LogP contribution in [0.2, 0.25) is 0 Å². The number of carbonyl (C=O) groups is 2. The molecular weight excluding hydrogens is 454 g/mol. The fourth-order valence-electron chi connectivity index (χ4n) is 5.77. The summed E-state index contributed by atoms with van der Waals surface area (Å²) >= 11 is 0. The Bertz CT molecular complexity index is 1060. The number of nitrogens with zero attached hydrogens (tertiary/aromatic N) is 1. The number of aliphatic hydroxyl groups excluding tert-OH is 1. The first-order valence-electron chi connectivity index (χ1n) is 13.2. The van der Waals surface area contributed by atoms with Gasteiger partial charge in [-0.25, -0.2) is 9.69 Å². The third kappa shape index (κ3) is 6.08. The standard InChI is InChI=1S/C29H39N3O4/c1-18(2)25-15-14-24(17-19(25)3)31-29(36)32-16-4-5-26(32)27(33)30-23-12-10-21(11-13-23)20-6-8-22(9-7-20)28(34)35/h6-9,14-15,17-18,21,23,26,29,31,36H,4-5,10-13,16H2,1-3H3,(H,30,33)(H,34,35)/t21?,23?,26-,29?/m1/s1. The van der Waals surface area contributed by atoms with Crippen LogP contribution in [0.15, 0.2) is 42.5 Å². The molecule has 2 aromatic rings. The molecule has 7 nitrogen and oxygen atoms in total. The van der Waals surface area contributed by atoms with Crippen molar-refractivity contribution >= 4 is 17.6 Å². The van der Waals surface area contributed by atoms with E-state index in [2.05, 4.69) is 43.5 Å². The fourth-order valence-corrected chi connectivity index (χ4v) is 5.77. The maximum Gasteiger partial charge on any atom is 0.335 e. The second-order valence-corrected chi connectivity index (χ2v) is 10.6. The molecule has 1 saturated heterocycles. The molecule has 2 atom stereocenters. The number of amides is 1. The molecule has 4 N–H and O–H groups in total. The van der Waals surface area contributed by atoms with Crippen LogP contribution >= 0.6 is 0 Å². The van der Waals surface area contributed by atoms with Gasteiger partial charge in [0.15, 0.2) is 6.35 Å². The zero-order chi connectivity index (χ0) is 25.8. The summed E-state index contributed by atoms with van der Waals surface area (Å²) in [7, 11) is 0. The van der Waals surface area contributed by atoms with Gasteiger partial charge in [0.1, 0.15) is 0 Å². The molecule has 4 rings (SSSR count). The van der Waals surface area contributed by atoms with Crippen LogP contribution in [-0.4, -0.2) is 52.0 Å². The molecule has 36 heavy (non-hydrogen) atoms. The summed E-state index contributed by atoms with van der Waals surface area (Å²) in [5, 5.41) is 26.4. The lowest BCUT2D eigenvalue weighted by molar-refractivity contribution is -0.129. The Hall–Kier alpha value is -2.90. The van der Waals surface area contributed by atoms with E-state index >= 15 is 0 Å². The van der Waals surface area contributed by atoms with Crippen LogP contribution in [0.4, 0.5) is 5.69 Å². The molecule has 194 valence electrons. The number of benzene rings is 2. The topological polar surface area (TPSA) is 102 Å². The highest BCUT2D eigenvalue weighted by atomic mass is 16.4. The third-order valence-electron chi connectivity index (χ3n) is 7.80. The number of aliphatic hydroxyl groups is 1. The SMILES string of the molecule is Cc1cc(NC(O)N2CCC[C@@H]2C(=O)NC2CCC(c3ccc(C(=O)O)cc3)CC2)ccc1C(C)C. The van der Waals surface area contributed by atoms with E-state index in [0.29, 0.717) is 23.9 Å². The van der Waals surface area contributed by atoms with Crippen molar-refractivity contribution in [3.8, 4) is 0 Å². The molecule has 2 fully saturated rings. The van der Waals surface area contributed by atoms with Crippen molar-refractivity contribution in [2.45, 2.75) is 89.6 Å². The predicted molar refractivity (Wildman–Crippen MR) is 141 cm³/mol. The number of aryl methyl sites for hydroxylation is 1. The number of nitrogens with one attached hydrogen (secondary N) is 2. The van der Waals surface area contributed by atoms with E-state index in [1.54, 1.807) is 12.1 Å². The molecule has 7 heteroatoms. The zero-order valence-corrected chi connectivity index (χ0v) is 21.5. The van der Waals surface area contributed by atoms with Gasteiger partial charge in [-0.05, 0) is 98.2 Å². The Balaban J connectivity index is 1.29. The van der Waals surface area contributed by atoms with Crippen LogP contribution in [0, 0.1) is 6.92 Å². The summed E-state index contributed by atoms with van der Waals surface area (Å²) in [5.74, 6) is -0.0777. The molecule has 1 saturated carbocycles. The first-order valence-corrected chi connectivity index (χ1v) is 13.2. The molecule has 1 amide bonds. The smallest absolute Gasteiger partial charge is 0.335 e. The summed E-state index contributed by atoms with van der Waals surface area (Å²) in [4.78, 5) is 26.1. The van der Waals surface area contributed by atoms with Gasteiger partial charge in [0.05, 0.1) is 11.6 Å². The van der Waals surface area contributed by atoms with Crippen molar-refractivity contribution in [2.75, 3.05) is 11.9 Å². The van der Waals surface area contributed by atoms with E-state index in [1.165, 1.54) is 11.1 Å². The molecule has 1 aliphatic carbocycles. The molecule has 0 spiro atoms. The zero-order valence-electron chi connectivity index (χ0n) is 21.5. The van der Waals surface area contributed by atoms with E-state index in [0.717, 1.165) is 49.8 Å². The number of aromatic carboxylic acids is 1. The van der Waals surface area contributed by atoms with Crippen molar-refractivity contribution in [2.24, 2.45) is 0 Å². The highest BCUT2D eigenvalue weighted by Gasteiger charge is 2.36. The van der Waals surface area contributed by atoms with Gasteiger partial charge < -0.3 is 20.8 Å². The average Bonchev–Trinajstić information content (AvgIpc) is 3.35. The Labute approximate surface area is 213 Å². The largest absolute Gasteiger partial charge is 0.478 e. The lowest BCUT2D eigenvalue weighted by Gasteiger charge is -2.33. The number of carboxylic acids is 1. The normalized spacial score (nSPS) is 23.4. The number of hydrogen-bond donors (Lipinski definition) is 4. The van der Waals surface area contributed by atoms with Crippen LogP contribution in [-0.2, 0) is 4.79 Å². The van der Waals surface area contributed by atoms with Gasteiger partial charge in [-0.1, -0.05) is 32.0 Å². The summed E-state index contributed by atoms with van der Waals surface area (Å²) in [6.45, 7) is 7.10. The number of carboxylic acid groups (broad SMARTS) is 1. The van der Waals surface area contributed by atoms with E-state index in [4.69, 9.17) is 5.11 Å². The molecule has 2 aromatic carbocycles. The Morgan fingerprint density at radius 3 is 2.31 bits per heavy atom. The van der Waals surface area contributed by atoms with E-state index in [1.807, 2.05) is 23.1 Å². The van der Waals surface area contributed by atoms with Crippen molar-refractivity contribution in [3.63, 3.8) is 0 Å². The van der Waals surface area contributed by atoms with Crippen LogP contribution in [0.5, 0.6) is 0 Å². The minimum absolute atomic E-state index is 0.00560. The molecular formula is C29H39N3O4. The molecule has 1 unspecified atom stereocenters. The first kappa shape index (κ1) is 26.2. The number of anilines is 1.